The molecular weight excluding hydrogens is 1120 g/mol. The normalized spacial score (nSPS) is 11.7. The third-order valence-corrected chi connectivity index (χ3v) is 19.0. The van der Waals surface area contributed by atoms with E-state index < -0.39 is 0 Å². The number of rotatable bonds is 8. The van der Waals surface area contributed by atoms with Crippen molar-refractivity contribution >= 4 is 97.7 Å². The van der Waals surface area contributed by atoms with Gasteiger partial charge in [0.15, 0.2) is 0 Å². The number of aromatic nitrogens is 3. The van der Waals surface area contributed by atoms with Crippen molar-refractivity contribution in [1.29, 1.82) is 0 Å². The van der Waals surface area contributed by atoms with Gasteiger partial charge in [-0.15, -0.1) is 0 Å². The van der Waals surface area contributed by atoms with Gasteiger partial charge in [0, 0.05) is 49.4 Å². The van der Waals surface area contributed by atoms with Gasteiger partial charge in [0.25, 0.3) is 0 Å². The zero-order valence-corrected chi connectivity index (χ0v) is 50.9. The minimum Gasteiger partial charge on any atom is -0.309 e. The molecule has 0 amide bonds. The van der Waals surface area contributed by atoms with Crippen LogP contribution in [0.1, 0.15) is 0 Å². The van der Waals surface area contributed by atoms with Crippen LogP contribution in [0.2, 0.25) is 0 Å². The standard InChI is InChI=1S/C48H31N3.C42H28/c1-3-13-34(14-4-1)49-43-20-10-7-17-37(43)40-29-32(23-26-46(40)49)33-24-27-47-41(30-33)38-18-8-12-22-45(38)51(47)36-25-28-48-42(31-36)39-19-9-11-21-44(39)50(48)35-15-5-2-6-16-35;1-3-12-29(13-4-1)34-25-35(30-14-5-2-6-15-30)27-36(26-34)32-17-11-16-31(24-32)33-22-23-41-39-20-8-7-18-37(39)38-19-9-10-21-40(38)42(41)28-33/h1-31H;1-28H. The first-order valence-corrected chi connectivity index (χ1v) is 32.0. The fourth-order valence-electron chi connectivity index (χ4n) is 14.7. The van der Waals surface area contributed by atoms with E-state index in [2.05, 4.69) is 372 Å². The van der Waals surface area contributed by atoms with Crippen LogP contribution in [0, 0.1) is 0 Å². The highest BCUT2D eigenvalue weighted by Gasteiger charge is 2.20. The van der Waals surface area contributed by atoms with Gasteiger partial charge in [-0.1, -0.05) is 243 Å². The molecule has 19 aromatic rings. The van der Waals surface area contributed by atoms with Crippen LogP contribution < -0.4 is 0 Å². The van der Waals surface area contributed by atoms with Gasteiger partial charge in [-0.05, 0) is 203 Å². The lowest BCUT2D eigenvalue weighted by Crippen LogP contribution is -1.95. The number of fused-ring (bicyclic) bond motifs is 15. The molecule has 3 heterocycles. The molecule has 3 aromatic heterocycles. The number of nitrogens with zero attached hydrogens (tertiary/aromatic N) is 3. The molecule has 19 rings (SSSR count). The summed E-state index contributed by atoms with van der Waals surface area (Å²) in [5.41, 5.74) is 23.0. The molecule has 0 aliphatic carbocycles. The van der Waals surface area contributed by atoms with Gasteiger partial charge in [0.05, 0.1) is 33.1 Å². The van der Waals surface area contributed by atoms with Gasteiger partial charge in [-0.2, -0.15) is 0 Å². The molecule has 0 aliphatic heterocycles. The summed E-state index contributed by atoms with van der Waals surface area (Å²) in [6.45, 7) is 0. The van der Waals surface area contributed by atoms with Crippen molar-refractivity contribution in [3.05, 3.63) is 358 Å². The summed E-state index contributed by atoms with van der Waals surface area (Å²) in [6.07, 6.45) is 0. The van der Waals surface area contributed by atoms with Crippen LogP contribution in [-0.2, 0) is 0 Å². The van der Waals surface area contributed by atoms with Crippen molar-refractivity contribution < 1.29 is 0 Å². The molecule has 93 heavy (non-hydrogen) atoms. The molecule has 434 valence electrons. The van der Waals surface area contributed by atoms with E-state index in [9.17, 15) is 0 Å². The molecule has 0 N–H and O–H groups in total. The lowest BCUT2D eigenvalue weighted by Gasteiger charge is -2.14. The third kappa shape index (κ3) is 9.20. The second kappa shape index (κ2) is 22.3. The fraction of sp³-hybridized carbons (Fsp3) is 0. The van der Waals surface area contributed by atoms with E-state index >= 15 is 0 Å². The highest BCUT2D eigenvalue weighted by molar-refractivity contribution is 6.26. The van der Waals surface area contributed by atoms with Gasteiger partial charge in [-0.25, -0.2) is 0 Å². The van der Waals surface area contributed by atoms with E-state index in [4.69, 9.17) is 0 Å². The van der Waals surface area contributed by atoms with E-state index in [0.717, 1.165) is 5.69 Å². The lowest BCUT2D eigenvalue weighted by atomic mass is 9.90. The van der Waals surface area contributed by atoms with Crippen LogP contribution in [0.4, 0.5) is 0 Å². The largest absolute Gasteiger partial charge is 0.309 e. The average Bonchev–Trinajstić information content (AvgIpc) is 1.70. The van der Waals surface area contributed by atoms with Crippen molar-refractivity contribution in [1.82, 2.24) is 13.7 Å². The molecule has 0 bridgehead atoms. The monoisotopic (exact) mass is 1180 g/mol. The summed E-state index contributed by atoms with van der Waals surface area (Å²) < 4.78 is 7.18. The molecule has 0 unspecified atom stereocenters. The smallest absolute Gasteiger partial charge is 0.0542 e. The maximum Gasteiger partial charge on any atom is 0.0542 e. The van der Waals surface area contributed by atoms with E-state index in [1.807, 2.05) is 0 Å². The minimum absolute atomic E-state index is 1.16. The van der Waals surface area contributed by atoms with E-state index in [-0.39, 0.29) is 0 Å². The first-order valence-electron chi connectivity index (χ1n) is 32.0. The van der Waals surface area contributed by atoms with E-state index in [0.29, 0.717) is 0 Å². The maximum atomic E-state index is 2.43. The number of benzene rings is 16. The predicted molar refractivity (Wildman–Crippen MR) is 396 cm³/mol. The molecule has 0 saturated carbocycles. The number of para-hydroxylation sites is 5. The summed E-state index contributed by atoms with van der Waals surface area (Å²) in [4.78, 5) is 0. The van der Waals surface area contributed by atoms with Crippen molar-refractivity contribution in [2.45, 2.75) is 0 Å². The van der Waals surface area contributed by atoms with E-state index in [1.54, 1.807) is 0 Å². The fourth-order valence-corrected chi connectivity index (χ4v) is 14.7. The first kappa shape index (κ1) is 53.7. The molecule has 3 nitrogen and oxygen atoms in total. The Morgan fingerprint density at radius 3 is 0.839 bits per heavy atom. The van der Waals surface area contributed by atoms with Gasteiger partial charge in [0.2, 0.25) is 0 Å². The molecule has 0 saturated heterocycles. The molecule has 3 heteroatoms. The SMILES string of the molecule is c1ccc(-c2cc(-c3ccccc3)cc(-c3cccc(-c4ccc5c6ccccc6c6ccccc6c5c4)c3)c2)cc1.c1ccc(-n2c3ccccc3c3cc(-c4ccc5c(c4)c4ccccc4n5-c4ccc5c(c4)c4ccccc4n5-c4ccccc4)ccc32)cc1. The maximum absolute atomic E-state index is 2.43. The van der Waals surface area contributed by atoms with Crippen molar-refractivity contribution in [2.24, 2.45) is 0 Å². The van der Waals surface area contributed by atoms with Crippen LogP contribution >= 0.6 is 0 Å². The Bertz CT molecular complexity index is 6000. The topological polar surface area (TPSA) is 14.8 Å². The molecular formula is C90H59N3. The highest BCUT2D eigenvalue weighted by Crippen LogP contribution is 2.43. The molecule has 0 radical (unpaired) electrons. The van der Waals surface area contributed by atoms with Crippen LogP contribution in [0.3, 0.4) is 0 Å². The zero-order valence-electron chi connectivity index (χ0n) is 50.9. The Morgan fingerprint density at radius 1 is 0.118 bits per heavy atom. The summed E-state index contributed by atoms with van der Waals surface area (Å²) in [6, 6.07) is 130. The van der Waals surface area contributed by atoms with Crippen LogP contribution in [0.5, 0.6) is 0 Å². The lowest BCUT2D eigenvalue weighted by molar-refractivity contribution is 1.17. The quantitative estimate of drug-likeness (QED) is 0.135. The third-order valence-electron chi connectivity index (χ3n) is 19.0. The minimum atomic E-state index is 1.16. The summed E-state index contributed by atoms with van der Waals surface area (Å²) in [5.74, 6) is 0. The Labute approximate surface area is 538 Å². The average molecular weight is 1180 g/mol. The summed E-state index contributed by atoms with van der Waals surface area (Å²) >= 11 is 0. The van der Waals surface area contributed by atoms with Crippen molar-refractivity contribution in [2.75, 3.05) is 0 Å². The first-order chi connectivity index (χ1) is 46.1. The zero-order chi connectivity index (χ0) is 61.3. The Morgan fingerprint density at radius 2 is 0.387 bits per heavy atom. The molecule has 0 atom stereocenters. The highest BCUT2D eigenvalue weighted by atomic mass is 15.0. The van der Waals surface area contributed by atoms with Crippen LogP contribution in [-0.4, -0.2) is 13.7 Å². The Kier molecular flexibility index (Phi) is 12.9. The second-order valence-electron chi connectivity index (χ2n) is 24.4. The molecule has 0 spiro atoms. The summed E-state index contributed by atoms with van der Waals surface area (Å²) in [7, 11) is 0. The van der Waals surface area contributed by atoms with Crippen molar-refractivity contribution in [3.8, 4) is 72.7 Å². The molecule has 0 aliphatic rings. The van der Waals surface area contributed by atoms with Crippen LogP contribution in [0.25, 0.3) is 170 Å². The van der Waals surface area contributed by atoms with Gasteiger partial charge in [-0.3, -0.25) is 0 Å². The second-order valence-corrected chi connectivity index (χ2v) is 24.4. The molecule has 0 fully saturated rings. The van der Waals surface area contributed by atoms with E-state index in [1.165, 1.54) is 165 Å². The van der Waals surface area contributed by atoms with Gasteiger partial charge in [0.1, 0.15) is 0 Å². The Balaban J connectivity index is 0.000000140. The number of hydrogen-bond acceptors (Lipinski definition) is 0. The summed E-state index contributed by atoms with van der Waals surface area (Å²) in [5, 5.41) is 15.3. The van der Waals surface area contributed by atoms with Gasteiger partial charge >= 0.3 is 0 Å². The number of hydrogen-bond donors (Lipinski definition) is 0. The van der Waals surface area contributed by atoms with Crippen molar-refractivity contribution in [3.63, 3.8) is 0 Å². The van der Waals surface area contributed by atoms with Gasteiger partial charge < -0.3 is 13.7 Å². The molecule has 16 aromatic carbocycles. The predicted octanol–water partition coefficient (Wildman–Crippen LogP) is 24.5. The Hall–Kier alpha value is -12.3. The van der Waals surface area contributed by atoms with Crippen LogP contribution in [0.15, 0.2) is 358 Å².